The number of alkyl halides is 3. The maximum atomic E-state index is 12.5. The van der Waals surface area contributed by atoms with Gasteiger partial charge >= 0.3 is 17.8 Å². The third kappa shape index (κ3) is 3.81. The molecular formula is C18H8F3O6-. The number of carboxylic acid groups (broad SMARTS) is 1. The van der Waals surface area contributed by atoms with Crippen LogP contribution in [-0.2, 0) is 6.18 Å². The minimum atomic E-state index is -4.53. The smallest absolute Gasteiger partial charge is 0.416 e. The largest absolute Gasteiger partial charge is 0.545 e. The molecule has 138 valence electrons. The van der Waals surface area contributed by atoms with Crippen LogP contribution in [0.15, 0.2) is 57.7 Å². The summed E-state index contributed by atoms with van der Waals surface area (Å²) in [5.74, 6) is -2.66. The average molecular weight is 377 g/mol. The molecule has 0 atom stereocenters. The molecule has 0 N–H and O–H groups in total. The molecule has 6 nitrogen and oxygen atoms in total. The van der Waals surface area contributed by atoms with Crippen LogP contribution in [0.4, 0.5) is 13.2 Å². The fourth-order valence-electron chi connectivity index (χ4n) is 2.26. The van der Waals surface area contributed by atoms with Gasteiger partial charge in [0, 0.05) is 11.5 Å². The number of carbonyl (C=O) groups excluding carboxylic acids is 2. The van der Waals surface area contributed by atoms with E-state index < -0.39 is 34.9 Å². The minimum absolute atomic E-state index is 0.0391. The number of benzene rings is 2. The van der Waals surface area contributed by atoms with E-state index in [9.17, 15) is 32.7 Å². The number of carboxylic acids is 1. The molecule has 0 aliphatic rings. The van der Waals surface area contributed by atoms with E-state index in [0.29, 0.717) is 0 Å². The Morgan fingerprint density at radius 1 is 1.00 bits per heavy atom. The van der Waals surface area contributed by atoms with Crippen molar-refractivity contribution in [3.05, 3.63) is 75.6 Å². The Labute approximate surface area is 148 Å². The third-order valence-corrected chi connectivity index (χ3v) is 3.59. The quantitative estimate of drug-likeness (QED) is 0.395. The summed E-state index contributed by atoms with van der Waals surface area (Å²) in [6.45, 7) is 0. The normalized spacial score (nSPS) is 11.4. The van der Waals surface area contributed by atoms with Gasteiger partial charge in [0.25, 0.3) is 0 Å². The summed E-state index contributed by atoms with van der Waals surface area (Å²) >= 11 is 0. The Hall–Kier alpha value is -3.62. The van der Waals surface area contributed by atoms with Crippen molar-refractivity contribution in [3.63, 3.8) is 0 Å². The molecule has 0 fully saturated rings. The first kappa shape index (κ1) is 18.2. The zero-order valence-corrected chi connectivity index (χ0v) is 13.2. The fourth-order valence-corrected chi connectivity index (χ4v) is 2.26. The molecule has 0 radical (unpaired) electrons. The predicted octanol–water partition coefficient (Wildman–Crippen LogP) is 2.39. The zero-order valence-electron chi connectivity index (χ0n) is 13.2. The number of carbonyl (C=O) groups is 2. The minimum Gasteiger partial charge on any atom is -0.545 e. The van der Waals surface area contributed by atoms with Crippen LogP contribution in [0.3, 0.4) is 0 Å². The van der Waals surface area contributed by atoms with E-state index in [0.717, 1.165) is 30.3 Å². The first-order chi connectivity index (χ1) is 12.6. The number of halogens is 3. The van der Waals surface area contributed by atoms with Crippen LogP contribution in [0.25, 0.3) is 11.0 Å². The maximum absolute atomic E-state index is 12.5. The maximum Gasteiger partial charge on any atom is 0.416 e. The summed E-state index contributed by atoms with van der Waals surface area (Å²) in [6, 6.07) is 8.32. The van der Waals surface area contributed by atoms with Gasteiger partial charge in [-0.1, -0.05) is 0 Å². The van der Waals surface area contributed by atoms with E-state index in [-0.39, 0.29) is 22.3 Å². The second-order valence-corrected chi connectivity index (χ2v) is 5.40. The Balaban J connectivity index is 1.85. The molecule has 1 heterocycles. The summed E-state index contributed by atoms with van der Waals surface area (Å²) < 4.78 is 47.5. The molecule has 0 aliphatic carbocycles. The molecule has 3 rings (SSSR count). The number of hydrogen-bond donors (Lipinski definition) is 0. The van der Waals surface area contributed by atoms with Crippen molar-refractivity contribution in [2.24, 2.45) is 0 Å². The molecule has 0 aliphatic heterocycles. The molecule has 0 unspecified atom stereocenters. The number of esters is 1. The van der Waals surface area contributed by atoms with Crippen molar-refractivity contribution in [1.29, 1.82) is 0 Å². The van der Waals surface area contributed by atoms with Gasteiger partial charge in [-0.25, -0.2) is 9.59 Å². The predicted molar refractivity (Wildman–Crippen MR) is 83.2 cm³/mol. The van der Waals surface area contributed by atoms with E-state index >= 15 is 0 Å². The second kappa shape index (κ2) is 6.60. The molecule has 0 saturated heterocycles. The van der Waals surface area contributed by atoms with Gasteiger partial charge in [0.1, 0.15) is 11.3 Å². The van der Waals surface area contributed by atoms with Gasteiger partial charge in [-0.3, -0.25) is 0 Å². The fraction of sp³-hybridized carbons (Fsp3) is 0.0556. The van der Waals surface area contributed by atoms with Gasteiger partial charge in [0.2, 0.25) is 0 Å². The highest BCUT2D eigenvalue weighted by Gasteiger charge is 2.30. The first-order valence-electron chi connectivity index (χ1n) is 7.34. The van der Waals surface area contributed by atoms with Crippen molar-refractivity contribution in [2.75, 3.05) is 0 Å². The topological polar surface area (TPSA) is 96.6 Å². The number of fused-ring (bicyclic) bond motifs is 1. The average Bonchev–Trinajstić information content (AvgIpc) is 2.60. The van der Waals surface area contributed by atoms with Crippen molar-refractivity contribution >= 4 is 22.9 Å². The lowest BCUT2D eigenvalue weighted by Gasteiger charge is -2.08. The van der Waals surface area contributed by atoms with E-state index in [2.05, 4.69) is 0 Å². The number of ether oxygens (including phenoxy) is 1. The van der Waals surface area contributed by atoms with Crippen LogP contribution in [0, 0.1) is 0 Å². The first-order valence-corrected chi connectivity index (χ1v) is 7.34. The Bertz CT molecular complexity index is 1100. The van der Waals surface area contributed by atoms with E-state index in [1.165, 1.54) is 18.2 Å². The summed E-state index contributed by atoms with van der Waals surface area (Å²) in [7, 11) is 0. The number of hydrogen-bond acceptors (Lipinski definition) is 6. The van der Waals surface area contributed by atoms with Crippen molar-refractivity contribution in [1.82, 2.24) is 0 Å². The molecule has 2 aromatic carbocycles. The SMILES string of the molecule is O=C(Oc1ccc2cc(C(=O)[O-])c(=O)oc2c1)c1ccc(C(F)(F)F)cc1. The Morgan fingerprint density at radius 2 is 1.67 bits per heavy atom. The van der Waals surface area contributed by atoms with Crippen LogP contribution >= 0.6 is 0 Å². The molecule has 9 heteroatoms. The molecule has 0 saturated carbocycles. The van der Waals surface area contributed by atoms with Gasteiger partial charge in [-0.2, -0.15) is 13.2 Å². The van der Waals surface area contributed by atoms with Crippen LogP contribution in [-0.4, -0.2) is 11.9 Å². The second-order valence-electron chi connectivity index (χ2n) is 5.40. The molecule has 0 spiro atoms. The van der Waals surface area contributed by atoms with Gasteiger partial charge in [-0.15, -0.1) is 0 Å². The van der Waals surface area contributed by atoms with Gasteiger partial charge in [0.15, 0.2) is 0 Å². The lowest BCUT2D eigenvalue weighted by Crippen LogP contribution is -2.28. The van der Waals surface area contributed by atoms with Crippen molar-refractivity contribution < 1.29 is 37.0 Å². The van der Waals surface area contributed by atoms with Crippen LogP contribution < -0.4 is 15.5 Å². The zero-order chi connectivity index (χ0) is 19.8. The standard InChI is InChI=1S/C18H9F3O6/c19-18(20,21)11-4-1-9(2-5-11)16(24)26-12-6-3-10-7-13(15(22)23)17(25)27-14(10)8-12/h1-8H,(H,22,23)/p-1. The number of rotatable bonds is 3. The summed E-state index contributed by atoms with van der Waals surface area (Å²) in [6.07, 6.45) is -4.53. The molecular weight excluding hydrogens is 369 g/mol. The van der Waals surface area contributed by atoms with Crippen molar-refractivity contribution in [3.8, 4) is 5.75 Å². The third-order valence-electron chi connectivity index (χ3n) is 3.59. The summed E-state index contributed by atoms with van der Waals surface area (Å²) in [4.78, 5) is 34.4. The lowest BCUT2D eigenvalue weighted by atomic mass is 10.1. The van der Waals surface area contributed by atoms with E-state index in [4.69, 9.17) is 9.15 Å². The molecule has 1 aromatic heterocycles. The molecule has 0 amide bonds. The van der Waals surface area contributed by atoms with Crippen LogP contribution in [0.1, 0.15) is 26.3 Å². The lowest BCUT2D eigenvalue weighted by molar-refractivity contribution is -0.255. The Morgan fingerprint density at radius 3 is 2.26 bits per heavy atom. The molecule has 0 bridgehead atoms. The van der Waals surface area contributed by atoms with Gasteiger partial charge in [0.05, 0.1) is 22.7 Å². The van der Waals surface area contributed by atoms with Gasteiger partial charge < -0.3 is 19.1 Å². The highest BCUT2D eigenvalue weighted by atomic mass is 19.4. The summed E-state index contributed by atoms with van der Waals surface area (Å²) in [5, 5.41) is 11.1. The summed E-state index contributed by atoms with van der Waals surface area (Å²) in [5.41, 5.74) is -2.85. The van der Waals surface area contributed by atoms with Crippen molar-refractivity contribution in [2.45, 2.75) is 6.18 Å². The highest BCUT2D eigenvalue weighted by Crippen LogP contribution is 2.29. The van der Waals surface area contributed by atoms with E-state index in [1.807, 2.05) is 0 Å². The van der Waals surface area contributed by atoms with Crippen LogP contribution in [0.2, 0.25) is 0 Å². The molecule has 27 heavy (non-hydrogen) atoms. The molecule has 3 aromatic rings. The monoisotopic (exact) mass is 377 g/mol. The Kier molecular flexibility index (Phi) is 4.44. The van der Waals surface area contributed by atoms with E-state index in [1.54, 1.807) is 0 Å². The van der Waals surface area contributed by atoms with Gasteiger partial charge in [-0.05, 0) is 42.5 Å². The highest BCUT2D eigenvalue weighted by molar-refractivity contribution is 5.93. The van der Waals surface area contributed by atoms with Crippen LogP contribution in [0.5, 0.6) is 5.75 Å². The number of aromatic carboxylic acids is 1.